The van der Waals surface area contributed by atoms with Gasteiger partial charge >= 0.3 is 0 Å². The predicted molar refractivity (Wildman–Crippen MR) is 80.4 cm³/mol. The number of hydrogen-bond acceptors (Lipinski definition) is 2. The van der Waals surface area contributed by atoms with E-state index in [0.717, 1.165) is 19.0 Å². The predicted octanol–water partition coefficient (Wildman–Crippen LogP) is 3.14. The van der Waals surface area contributed by atoms with Crippen molar-refractivity contribution in [2.24, 2.45) is 0 Å². The fourth-order valence-electron chi connectivity index (χ4n) is 2.99. The molecule has 1 aliphatic heterocycles. The summed E-state index contributed by atoms with van der Waals surface area (Å²) >= 11 is 0. The van der Waals surface area contributed by atoms with Gasteiger partial charge in [-0.15, -0.1) is 0 Å². The Labute approximate surface area is 117 Å². The van der Waals surface area contributed by atoms with Crippen LogP contribution in [0, 0.1) is 0 Å². The highest BCUT2D eigenvalue weighted by atomic mass is 15.1. The number of benzene rings is 1. The van der Waals surface area contributed by atoms with Crippen LogP contribution in [0.3, 0.4) is 0 Å². The normalized spacial score (nSPS) is 20.0. The monoisotopic (exact) mass is 258 g/mol. The lowest BCUT2D eigenvalue weighted by molar-refractivity contribution is 0.331. The zero-order chi connectivity index (χ0) is 12.9. The van der Waals surface area contributed by atoms with Crippen molar-refractivity contribution in [1.29, 1.82) is 0 Å². The molecule has 104 valence electrons. The summed E-state index contributed by atoms with van der Waals surface area (Å²) in [6.45, 7) is 6.07. The van der Waals surface area contributed by atoms with Gasteiger partial charge in [-0.25, -0.2) is 0 Å². The minimum absolute atomic E-state index is 0.877. The van der Waals surface area contributed by atoms with Gasteiger partial charge in [0.15, 0.2) is 0 Å². The SMILES string of the molecule is c1cc(C2CC2)ccc1CNCCCN1CCCC1. The third-order valence-electron chi connectivity index (χ3n) is 4.38. The molecule has 1 aromatic rings. The smallest absolute Gasteiger partial charge is 0.0205 e. The molecular weight excluding hydrogens is 232 g/mol. The Morgan fingerprint density at radius 3 is 2.47 bits per heavy atom. The molecule has 1 saturated heterocycles. The van der Waals surface area contributed by atoms with E-state index in [1.165, 1.54) is 62.9 Å². The topological polar surface area (TPSA) is 15.3 Å². The van der Waals surface area contributed by atoms with Crippen molar-refractivity contribution in [2.75, 3.05) is 26.2 Å². The molecule has 0 radical (unpaired) electrons. The van der Waals surface area contributed by atoms with Crippen LogP contribution in [0.25, 0.3) is 0 Å². The minimum atomic E-state index is 0.877. The van der Waals surface area contributed by atoms with Crippen LogP contribution >= 0.6 is 0 Å². The number of hydrogen-bond donors (Lipinski definition) is 1. The van der Waals surface area contributed by atoms with Crippen LogP contribution < -0.4 is 5.32 Å². The first-order chi connectivity index (χ1) is 9.42. The standard InChI is InChI=1S/C17H26N2/c1-2-12-19(11-1)13-3-10-18-14-15-4-6-16(7-5-15)17-8-9-17/h4-7,17-18H,1-3,8-14H2. The quantitative estimate of drug-likeness (QED) is 0.756. The van der Waals surface area contributed by atoms with Crippen LogP contribution in [0.4, 0.5) is 0 Å². The number of rotatable bonds is 7. The van der Waals surface area contributed by atoms with E-state index < -0.39 is 0 Å². The molecule has 1 N–H and O–H groups in total. The molecule has 1 saturated carbocycles. The molecule has 0 amide bonds. The van der Waals surface area contributed by atoms with Gasteiger partial charge in [0.05, 0.1) is 0 Å². The molecule has 0 aromatic heterocycles. The van der Waals surface area contributed by atoms with Crippen molar-refractivity contribution in [3.8, 4) is 0 Å². The molecule has 1 aromatic carbocycles. The van der Waals surface area contributed by atoms with Gasteiger partial charge in [-0.2, -0.15) is 0 Å². The summed E-state index contributed by atoms with van der Waals surface area (Å²) in [5.74, 6) is 0.877. The zero-order valence-electron chi connectivity index (χ0n) is 11.9. The fourth-order valence-corrected chi connectivity index (χ4v) is 2.99. The molecule has 3 rings (SSSR count). The lowest BCUT2D eigenvalue weighted by atomic mass is 10.1. The number of nitrogens with one attached hydrogen (secondary N) is 1. The van der Waals surface area contributed by atoms with E-state index in [4.69, 9.17) is 0 Å². The Hall–Kier alpha value is -0.860. The van der Waals surface area contributed by atoms with Crippen molar-refractivity contribution in [1.82, 2.24) is 10.2 Å². The summed E-state index contributed by atoms with van der Waals surface area (Å²) < 4.78 is 0. The molecule has 19 heavy (non-hydrogen) atoms. The van der Waals surface area contributed by atoms with Crippen molar-refractivity contribution in [2.45, 2.75) is 44.6 Å². The van der Waals surface area contributed by atoms with E-state index in [2.05, 4.69) is 34.5 Å². The van der Waals surface area contributed by atoms with Gasteiger partial charge in [0.25, 0.3) is 0 Å². The largest absolute Gasteiger partial charge is 0.313 e. The molecule has 2 aliphatic rings. The molecule has 0 bridgehead atoms. The van der Waals surface area contributed by atoms with Crippen LogP contribution in [0.15, 0.2) is 24.3 Å². The Morgan fingerprint density at radius 2 is 1.79 bits per heavy atom. The molecule has 2 nitrogen and oxygen atoms in total. The van der Waals surface area contributed by atoms with E-state index >= 15 is 0 Å². The van der Waals surface area contributed by atoms with Gasteiger partial charge in [-0.05, 0) is 75.3 Å². The van der Waals surface area contributed by atoms with E-state index in [9.17, 15) is 0 Å². The first kappa shape index (κ1) is 13.1. The summed E-state index contributed by atoms with van der Waals surface area (Å²) in [4.78, 5) is 2.59. The Bertz CT molecular complexity index is 375. The van der Waals surface area contributed by atoms with Gasteiger partial charge in [-0.1, -0.05) is 24.3 Å². The molecule has 0 unspecified atom stereocenters. The second-order valence-electron chi connectivity index (χ2n) is 6.09. The maximum absolute atomic E-state index is 3.56. The first-order valence-corrected chi connectivity index (χ1v) is 7.94. The van der Waals surface area contributed by atoms with Gasteiger partial charge in [0.1, 0.15) is 0 Å². The van der Waals surface area contributed by atoms with E-state index in [-0.39, 0.29) is 0 Å². The van der Waals surface area contributed by atoms with Crippen molar-refractivity contribution in [3.05, 3.63) is 35.4 Å². The maximum atomic E-state index is 3.56. The highest BCUT2D eigenvalue weighted by Gasteiger charge is 2.22. The number of likely N-dealkylation sites (tertiary alicyclic amines) is 1. The average Bonchev–Trinajstić information content (AvgIpc) is 3.17. The van der Waals surface area contributed by atoms with Gasteiger partial charge in [0, 0.05) is 6.54 Å². The average molecular weight is 258 g/mol. The van der Waals surface area contributed by atoms with Crippen LogP contribution in [0.1, 0.15) is 49.1 Å². The Kier molecular flexibility index (Phi) is 4.52. The second-order valence-corrected chi connectivity index (χ2v) is 6.09. The molecule has 0 spiro atoms. The molecule has 2 heteroatoms. The summed E-state index contributed by atoms with van der Waals surface area (Å²) in [5.41, 5.74) is 2.96. The van der Waals surface area contributed by atoms with Gasteiger partial charge in [-0.3, -0.25) is 0 Å². The molecule has 2 fully saturated rings. The molecule has 0 atom stereocenters. The summed E-state index contributed by atoms with van der Waals surface area (Å²) in [6.07, 6.45) is 6.88. The van der Waals surface area contributed by atoms with Crippen molar-refractivity contribution < 1.29 is 0 Å². The summed E-state index contributed by atoms with van der Waals surface area (Å²) in [7, 11) is 0. The van der Waals surface area contributed by atoms with E-state index in [0.29, 0.717) is 0 Å². The van der Waals surface area contributed by atoms with Crippen LogP contribution in [-0.4, -0.2) is 31.1 Å². The summed E-state index contributed by atoms with van der Waals surface area (Å²) in [6, 6.07) is 9.22. The third-order valence-corrected chi connectivity index (χ3v) is 4.38. The third kappa shape index (κ3) is 4.05. The Balaban J connectivity index is 1.30. The second kappa shape index (κ2) is 6.53. The number of nitrogens with zero attached hydrogens (tertiary/aromatic N) is 1. The van der Waals surface area contributed by atoms with Gasteiger partial charge < -0.3 is 10.2 Å². The van der Waals surface area contributed by atoms with Gasteiger partial charge in [0.2, 0.25) is 0 Å². The van der Waals surface area contributed by atoms with E-state index in [1.54, 1.807) is 0 Å². The maximum Gasteiger partial charge on any atom is 0.0205 e. The van der Waals surface area contributed by atoms with Crippen molar-refractivity contribution >= 4 is 0 Å². The molecule has 1 aliphatic carbocycles. The zero-order valence-corrected chi connectivity index (χ0v) is 11.9. The van der Waals surface area contributed by atoms with Crippen LogP contribution in [-0.2, 0) is 6.54 Å². The van der Waals surface area contributed by atoms with Crippen LogP contribution in [0.5, 0.6) is 0 Å². The van der Waals surface area contributed by atoms with Crippen LogP contribution in [0.2, 0.25) is 0 Å². The van der Waals surface area contributed by atoms with E-state index in [1.807, 2.05) is 0 Å². The lowest BCUT2D eigenvalue weighted by Gasteiger charge is -2.14. The fraction of sp³-hybridized carbons (Fsp3) is 0.647. The minimum Gasteiger partial charge on any atom is -0.313 e. The highest BCUT2D eigenvalue weighted by Crippen LogP contribution is 2.39. The highest BCUT2D eigenvalue weighted by molar-refractivity contribution is 5.27. The molecule has 1 heterocycles. The lowest BCUT2D eigenvalue weighted by Crippen LogP contribution is -2.24. The Morgan fingerprint density at radius 1 is 1.05 bits per heavy atom. The first-order valence-electron chi connectivity index (χ1n) is 7.94. The summed E-state index contributed by atoms with van der Waals surface area (Å²) in [5, 5.41) is 3.56. The molecular formula is C17H26N2. The van der Waals surface area contributed by atoms with Crippen molar-refractivity contribution in [3.63, 3.8) is 0 Å².